The molecule has 0 radical (unpaired) electrons. The summed E-state index contributed by atoms with van der Waals surface area (Å²) in [6.07, 6.45) is 0.125. The van der Waals surface area contributed by atoms with Crippen LogP contribution < -0.4 is 0 Å². The second-order valence-corrected chi connectivity index (χ2v) is 6.57. The largest absolute Gasteiger partial charge is 0.391 e. The third-order valence-corrected chi connectivity index (χ3v) is 4.97. The molecule has 3 rings (SSSR count). The summed E-state index contributed by atoms with van der Waals surface area (Å²) in [5.41, 5.74) is 0.554. The van der Waals surface area contributed by atoms with Crippen molar-refractivity contribution in [2.24, 2.45) is 5.92 Å². The quantitative estimate of drug-likeness (QED) is 0.889. The third-order valence-electron chi connectivity index (χ3n) is 4.66. The van der Waals surface area contributed by atoms with Crippen LogP contribution in [0.1, 0.15) is 24.4 Å². The first-order chi connectivity index (χ1) is 10.9. The number of carbonyl (C=O) groups is 2. The van der Waals surface area contributed by atoms with Crippen LogP contribution in [0.25, 0.3) is 0 Å². The van der Waals surface area contributed by atoms with Crippen molar-refractivity contribution in [2.75, 3.05) is 20.1 Å². The SMILES string of the molecule is CN1C(=O)CC(C(=O)N2CC[C@@H](O)C2)C1c1ccc(Cl)c(F)c1. The number of halogens is 2. The van der Waals surface area contributed by atoms with Crippen molar-refractivity contribution < 1.29 is 19.1 Å². The first-order valence-electron chi connectivity index (χ1n) is 7.56. The number of rotatable bonds is 2. The summed E-state index contributed by atoms with van der Waals surface area (Å²) >= 11 is 5.71. The molecular formula is C16H18ClFN2O3. The monoisotopic (exact) mass is 340 g/mol. The van der Waals surface area contributed by atoms with Gasteiger partial charge in [0.05, 0.1) is 23.1 Å². The van der Waals surface area contributed by atoms with E-state index in [0.717, 1.165) is 0 Å². The summed E-state index contributed by atoms with van der Waals surface area (Å²) in [7, 11) is 1.62. The maximum absolute atomic E-state index is 13.8. The number of hydrogen-bond donors (Lipinski definition) is 1. The fraction of sp³-hybridized carbons (Fsp3) is 0.500. The highest BCUT2D eigenvalue weighted by atomic mass is 35.5. The number of aliphatic hydroxyl groups excluding tert-OH is 1. The Labute approximate surface area is 138 Å². The number of benzene rings is 1. The summed E-state index contributed by atoms with van der Waals surface area (Å²) < 4.78 is 13.8. The Balaban J connectivity index is 1.90. The first-order valence-corrected chi connectivity index (χ1v) is 7.93. The molecule has 7 heteroatoms. The van der Waals surface area contributed by atoms with Gasteiger partial charge >= 0.3 is 0 Å². The summed E-state index contributed by atoms with van der Waals surface area (Å²) in [5.74, 6) is -1.46. The highest BCUT2D eigenvalue weighted by Crippen LogP contribution is 2.39. The number of aliphatic hydroxyl groups is 1. The second kappa shape index (κ2) is 6.09. The lowest BCUT2D eigenvalue weighted by molar-refractivity contribution is -0.135. The molecule has 23 heavy (non-hydrogen) atoms. The van der Waals surface area contributed by atoms with E-state index in [0.29, 0.717) is 18.5 Å². The second-order valence-electron chi connectivity index (χ2n) is 6.16. The summed E-state index contributed by atoms with van der Waals surface area (Å²) in [6.45, 7) is 0.769. The minimum atomic E-state index is -0.571. The molecule has 1 N–H and O–H groups in total. The molecule has 0 aliphatic carbocycles. The van der Waals surface area contributed by atoms with E-state index in [1.54, 1.807) is 18.0 Å². The lowest BCUT2D eigenvalue weighted by Crippen LogP contribution is -2.37. The average molecular weight is 341 g/mol. The zero-order valence-electron chi connectivity index (χ0n) is 12.7. The molecule has 1 aromatic carbocycles. The number of β-amino-alcohol motifs (C(OH)–C–C–N with tert-alkyl or cyclic N) is 1. The minimum absolute atomic E-state index is 0.00580. The van der Waals surface area contributed by atoms with Crippen molar-refractivity contribution in [1.29, 1.82) is 0 Å². The molecule has 0 aromatic heterocycles. The van der Waals surface area contributed by atoms with E-state index in [-0.39, 0.29) is 29.8 Å². The molecule has 2 amide bonds. The van der Waals surface area contributed by atoms with Crippen LogP contribution in [0.5, 0.6) is 0 Å². The third kappa shape index (κ3) is 2.93. The van der Waals surface area contributed by atoms with Crippen molar-refractivity contribution in [3.8, 4) is 0 Å². The highest BCUT2D eigenvalue weighted by molar-refractivity contribution is 6.30. The minimum Gasteiger partial charge on any atom is -0.391 e. The van der Waals surface area contributed by atoms with Gasteiger partial charge in [0.25, 0.3) is 0 Å². The Kier molecular flexibility index (Phi) is 4.29. The van der Waals surface area contributed by atoms with Gasteiger partial charge in [0.15, 0.2) is 0 Å². The molecule has 5 nitrogen and oxygen atoms in total. The molecule has 2 heterocycles. The molecule has 1 aromatic rings. The number of carbonyl (C=O) groups excluding carboxylic acids is 2. The standard InChI is InChI=1S/C16H18ClFN2O3/c1-19-14(22)7-11(16(23)20-5-4-10(21)8-20)15(19)9-2-3-12(17)13(18)6-9/h2-3,6,10-11,15,21H,4-5,7-8H2,1H3/t10-,11?,15?/m1/s1. The van der Waals surface area contributed by atoms with Gasteiger partial charge in [-0.25, -0.2) is 4.39 Å². The van der Waals surface area contributed by atoms with E-state index in [1.165, 1.54) is 17.0 Å². The van der Waals surface area contributed by atoms with Crippen molar-refractivity contribution >= 4 is 23.4 Å². The van der Waals surface area contributed by atoms with E-state index in [1.807, 2.05) is 0 Å². The number of hydrogen-bond acceptors (Lipinski definition) is 3. The van der Waals surface area contributed by atoms with Crippen molar-refractivity contribution in [1.82, 2.24) is 9.80 Å². The Morgan fingerprint density at radius 2 is 2.17 bits per heavy atom. The molecule has 3 atom stereocenters. The zero-order chi connectivity index (χ0) is 16.7. The molecule has 0 saturated carbocycles. The summed E-state index contributed by atoms with van der Waals surface area (Å²) in [5, 5.41) is 9.62. The van der Waals surface area contributed by atoms with Crippen molar-refractivity contribution in [2.45, 2.75) is 25.0 Å². The molecule has 2 saturated heterocycles. The number of likely N-dealkylation sites (tertiary alicyclic amines) is 2. The van der Waals surface area contributed by atoms with Gasteiger partial charge in [-0.05, 0) is 24.1 Å². The van der Waals surface area contributed by atoms with Gasteiger partial charge in [-0.15, -0.1) is 0 Å². The van der Waals surface area contributed by atoms with Gasteiger partial charge < -0.3 is 14.9 Å². The van der Waals surface area contributed by atoms with Crippen molar-refractivity contribution in [3.63, 3.8) is 0 Å². The van der Waals surface area contributed by atoms with Gasteiger partial charge in [0, 0.05) is 26.6 Å². The van der Waals surface area contributed by atoms with E-state index in [9.17, 15) is 19.1 Å². The van der Waals surface area contributed by atoms with Crippen LogP contribution in [0.15, 0.2) is 18.2 Å². The highest BCUT2D eigenvalue weighted by Gasteiger charge is 2.45. The van der Waals surface area contributed by atoms with Crippen LogP contribution in [0.4, 0.5) is 4.39 Å². The number of nitrogens with zero attached hydrogens (tertiary/aromatic N) is 2. The van der Waals surface area contributed by atoms with Crippen LogP contribution in [-0.2, 0) is 9.59 Å². The normalized spacial score (nSPS) is 27.8. The molecule has 2 unspecified atom stereocenters. The van der Waals surface area contributed by atoms with Crippen LogP contribution in [0, 0.1) is 11.7 Å². The molecule has 2 aliphatic rings. The maximum atomic E-state index is 13.8. The lowest BCUT2D eigenvalue weighted by atomic mass is 9.92. The zero-order valence-corrected chi connectivity index (χ0v) is 13.5. The predicted molar refractivity (Wildman–Crippen MR) is 82.2 cm³/mol. The van der Waals surface area contributed by atoms with Crippen molar-refractivity contribution in [3.05, 3.63) is 34.6 Å². The van der Waals surface area contributed by atoms with Gasteiger partial charge in [-0.1, -0.05) is 17.7 Å². The molecule has 124 valence electrons. The van der Waals surface area contributed by atoms with E-state index in [2.05, 4.69) is 0 Å². The fourth-order valence-corrected chi connectivity index (χ4v) is 3.54. The Morgan fingerprint density at radius 1 is 1.43 bits per heavy atom. The van der Waals surface area contributed by atoms with E-state index in [4.69, 9.17) is 11.6 Å². The number of amides is 2. The maximum Gasteiger partial charge on any atom is 0.228 e. The summed E-state index contributed by atoms with van der Waals surface area (Å²) in [4.78, 5) is 27.9. The van der Waals surface area contributed by atoms with Gasteiger partial charge in [0.1, 0.15) is 5.82 Å². The van der Waals surface area contributed by atoms with Gasteiger partial charge in [-0.2, -0.15) is 0 Å². The van der Waals surface area contributed by atoms with Gasteiger partial charge in [-0.3, -0.25) is 9.59 Å². The Morgan fingerprint density at radius 3 is 2.78 bits per heavy atom. The molecular weight excluding hydrogens is 323 g/mol. The fourth-order valence-electron chi connectivity index (χ4n) is 3.42. The summed E-state index contributed by atoms with van der Waals surface area (Å²) in [6, 6.07) is 3.84. The topological polar surface area (TPSA) is 60.9 Å². The Hall–Kier alpha value is -1.66. The first kappa shape index (κ1) is 16.2. The molecule has 0 spiro atoms. The van der Waals surface area contributed by atoms with E-state index < -0.39 is 23.9 Å². The van der Waals surface area contributed by atoms with Crippen LogP contribution >= 0.6 is 11.6 Å². The van der Waals surface area contributed by atoms with Crippen LogP contribution in [0.3, 0.4) is 0 Å². The average Bonchev–Trinajstić information content (AvgIpc) is 3.06. The molecule has 2 fully saturated rings. The van der Waals surface area contributed by atoms with Crippen LogP contribution in [-0.4, -0.2) is 53.0 Å². The Bertz CT molecular complexity index is 654. The smallest absolute Gasteiger partial charge is 0.228 e. The predicted octanol–water partition coefficient (Wildman–Crippen LogP) is 1.59. The lowest BCUT2D eigenvalue weighted by Gasteiger charge is -2.28. The van der Waals surface area contributed by atoms with Crippen LogP contribution in [0.2, 0.25) is 5.02 Å². The molecule has 0 bridgehead atoms. The van der Waals surface area contributed by atoms with E-state index >= 15 is 0 Å². The van der Waals surface area contributed by atoms with Gasteiger partial charge in [0.2, 0.25) is 11.8 Å². The molecule has 2 aliphatic heterocycles.